The van der Waals surface area contributed by atoms with E-state index in [9.17, 15) is 0 Å². The number of nitrogens with zero attached hydrogens (tertiary/aromatic N) is 1. The first kappa shape index (κ1) is 10.3. The number of hydrogen-bond donors (Lipinski definition) is 0. The van der Waals surface area contributed by atoms with Crippen LogP contribution in [0, 0.1) is 0 Å². The Morgan fingerprint density at radius 1 is 1.14 bits per heavy atom. The lowest BCUT2D eigenvalue weighted by Crippen LogP contribution is -2.29. The lowest BCUT2D eigenvalue weighted by Gasteiger charge is -2.29. The van der Waals surface area contributed by atoms with Crippen molar-refractivity contribution < 1.29 is 0 Å². The summed E-state index contributed by atoms with van der Waals surface area (Å²) >= 11 is 9.61. The van der Waals surface area contributed by atoms with Crippen LogP contribution < -0.4 is 4.90 Å². The first-order valence-corrected chi connectivity index (χ1v) is 6.14. The van der Waals surface area contributed by atoms with Gasteiger partial charge in [-0.2, -0.15) is 0 Å². The third-order valence-corrected chi connectivity index (χ3v) is 3.40. The van der Waals surface area contributed by atoms with Crippen molar-refractivity contribution in [3.63, 3.8) is 0 Å². The van der Waals surface area contributed by atoms with Crippen LogP contribution in [-0.4, -0.2) is 13.1 Å². The molecule has 0 bridgehead atoms. The van der Waals surface area contributed by atoms with E-state index < -0.39 is 0 Å². The molecule has 0 amide bonds. The minimum atomic E-state index is 0.848. The predicted molar refractivity (Wildman–Crippen MR) is 65.2 cm³/mol. The summed E-state index contributed by atoms with van der Waals surface area (Å²) in [6.07, 6.45) is 3.92. The second kappa shape index (κ2) is 4.54. The second-order valence-corrected chi connectivity index (χ2v) is 4.97. The Morgan fingerprint density at radius 3 is 2.50 bits per heavy atom. The molecule has 0 spiro atoms. The average molecular weight is 275 g/mol. The fourth-order valence-electron chi connectivity index (χ4n) is 1.87. The summed E-state index contributed by atoms with van der Waals surface area (Å²) in [5.74, 6) is 0. The molecule has 0 aliphatic carbocycles. The molecule has 1 aromatic carbocycles. The highest BCUT2D eigenvalue weighted by Crippen LogP contribution is 2.30. The van der Waals surface area contributed by atoms with Gasteiger partial charge in [0.25, 0.3) is 0 Å². The number of piperidine rings is 1. The van der Waals surface area contributed by atoms with Crippen LogP contribution in [0.5, 0.6) is 0 Å². The predicted octanol–water partition coefficient (Wildman–Crippen LogP) is 4.09. The smallest absolute Gasteiger partial charge is 0.0650 e. The molecule has 0 aromatic heterocycles. The molecule has 0 N–H and O–H groups in total. The number of hydrogen-bond acceptors (Lipinski definition) is 1. The van der Waals surface area contributed by atoms with Gasteiger partial charge in [0.1, 0.15) is 0 Å². The Bertz CT molecular complexity index is 321. The van der Waals surface area contributed by atoms with Gasteiger partial charge in [-0.3, -0.25) is 0 Å². The van der Waals surface area contributed by atoms with Crippen LogP contribution in [0.15, 0.2) is 22.7 Å². The van der Waals surface area contributed by atoms with Gasteiger partial charge in [0.2, 0.25) is 0 Å². The maximum absolute atomic E-state index is 6.19. The van der Waals surface area contributed by atoms with Crippen molar-refractivity contribution >= 4 is 33.2 Å². The zero-order valence-corrected chi connectivity index (χ0v) is 10.3. The SMILES string of the molecule is Clc1cc(Br)ccc1N1CCCCC1. The topological polar surface area (TPSA) is 3.24 Å². The molecule has 1 saturated heterocycles. The first-order chi connectivity index (χ1) is 6.77. The molecule has 1 aromatic rings. The minimum absolute atomic E-state index is 0.848. The zero-order valence-electron chi connectivity index (χ0n) is 7.97. The standard InChI is InChI=1S/C11H13BrClN/c12-9-4-5-11(10(13)8-9)14-6-2-1-3-7-14/h4-5,8H,1-3,6-7H2. The van der Waals surface area contributed by atoms with Gasteiger partial charge >= 0.3 is 0 Å². The molecule has 1 aliphatic heterocycles. The fourth-order valence-corrected chi connectivity index (χ4v) is 2.67. The van der Waals surface area contributed by atoms with Crippen molar-refractivity contribution in [2.45, 2.75) is 19.3 Å². The van der Waals surface area contributed by atoms with E-state index in [1.165, 1.54) is 24.9 Å². The Hall–Kier alpha value is -0.210. The summed E-state index contributed by atoms with van der Waals surface area (Å²) in [5, 5.41) is 0.848. The number of rotatable bonds is 1. The normalized spacial score (nSPS) is 17.1. The molecule has 1 aliphatic rings. The van der Waals surface area contributed by atoms with Crippen LogP contribution >= 0.6 is 27.5 Å². The van der Waals surface area contributed by atoms with E-state index in [1.807, 2.05) is 6.07 Å². The van der Waals surface area contributed by atoms with Crippen LogP contribution in [-0.2, 0) is 0 Å². The fraction of sp³-hybridized carbons (Fsp3) is 0.455. The zero-order chi connectivity index (χ0) is 9.97. The largest absolute Gasteiger partial charge is 0.370 e. The van der Waals surface area contributed by atoms with Crippen LogP contribution in [0.2, 0.25) is 5.02 Å². The average Bonchev–Trinajstić information content (AvgIpc) is 2.19. The van der Waals surface area contributed by atoms with Crippen molar-refractivity contribution in [2.24, 2.45) is 0 Å². The van der Waals surface area contributed by atoms with Gasteiger partial charge in [-0.25, -0.2) is 0 Å². The lowest BCUT2D eigenvalue weighted by atomic mass is 10.1. The molecular weight excluding hydrogens is 261 g/mol. The number of halogens is 2. The molecule has 0 unspecified atom stereocenters. The van der Waals surface area contributed by atoms with Gasteiger partial charge in [0, 0.05) is 17.6 Å². The van der Waals surface area contributed by atoms with Crippen LogP contribution in [0.1, 0.15) is 19.3 Å². The Labute approximate surface area is 98.2 Å². The molecule has 1 nitrogen and oxygen atoms in total. The molecular formula is C11H13BrClN. The summed E-state index contributed by atoms with van der Waals surface area (Å²) in [5.41, 5.74) is 1.18. The monoisotopic (exact) mass is 273 g/mol. The van der Waals surface area contributed by atoms with Crippen molar-refractivity contribution in [1.29, 1.82) is 0 Å². The second-order valence-electron chi connectivity index (χ2n) is 3.64. The third-order valence-electron chi connectivity index (χ3n) is 2.61. The Kier molecular flexibility index (Phi) is 3.34. The van der Waals surface area contributed by atoms with Gasteiger partial charge in [-0.05, 0) is 37.5 Å². The third kappa shape index (κ3) is 2.23. The molecule has 1 fully saturated rings. The molecule has 0 radical (unpaired) electrons. The summed E-state index contributed by atoms with van der Waals surface area (Å²) in [7, 11) is 0. The molecule has 3 heteroatoms. The summed E-state index contributed by atoms with van der Waals surface area (Å²) in [6, 6.07) is 6.11. The maximum atomic E-state index is 6.19. The van der Waals surface area contributed by atoms with Crippen molar-refractivity contribution in [2.75, 3.05) is 18.0 Å². The highest BCUT2D eigenvalue weighted by molar-refractivity contribution is 9.10. The van der Waals surface area contributed by atoms with Crippen molar-refractivity contribution in [3.05, 3.63) is 27.7 Å². The first-order valence-electron chi connectivity index (χ1n) is 4.97. The quantitative estimate of drug-likeness (QED) is 0.745. The molecule has 76 valence electrons. The summed E-state index contributed by atoms with van der Waals surface area (Å²) < 4.78 is 1.04. The molecule has 2 rings (SSSR count). The highest BCUT2D eigenvalue weighted by Gasteiger charge is 2.13. The van der Waals surface area contributed by atoms with Gasteiger partial charge in [-0.15, -0.1) is 0 Å². The van der Waals surface area contributed by atoms with Gasteiger partial charge in [0.05, 0.1) is 10.7 Å². The molecule has 0 saturated carbocycles. The van der Waals surface area contributed by atoms with E-state index in [4.69, 9.17) is 11.6 Å². The molecule has 14 heavy (non-hydrogen) atoms. The summed E-state index contributed by atoms with van der Waals surface area (Å²) in [4.78, 5) is 2.37. The van der Waals surface area contributed by atoms with Gasteiger partial charge in [-0.1, -0.05) is 27.5 Å². The summed E-state index contributed by atoms with van der Waals surface area (Å²) in [6.45, 7) is 2.28. The van der Waals surface area contributed by atoms with E-state index in [0.29, 0.717) is 0 Å². The Morgan fingerprint density at radius 2 is 1.86 bits per heavy atom. The van der Waals surface area contributed by atoms with E-state index in [1.54, 1.807) is 0 Å². The maximum Gasteiger partial charge on any atom is 0.0650 e. The van der Waals surface area contributed by atoms with Crippen LogP contribution in [0.4, 0.5) is 5.69 Å². The van der Waals surface area contributed by atoms with E-state index in [-0.39, 0.29) is 0 Å². The number of anilines is 1. The van der Waals surface area contributed by atoms with Crippen molar-refractivity contribution in [3.8, 4) is 0 Å². The lowest BCUT2D eigenvalue weighted by molar-refractivity contribution is 0.578. The Balaban J connectivity index is 2.22. The number of benzene rings is 1. The van der Waals surface area contributed by atoms with E-state index >= 15 is 0 Å². The molecule has 0 atom stereocenters. The van der Waals surface area contributed by atoms with Crippen LogP contribution in [0.25, 0.3) is 0 Å². The van der Waals surface area contributed by atoms with Gasteiger partial charge in [0.15, 0.2) is 0 Å². The highest BCUT2D eigenvalue weighted by atomic mass is 79.9. The van der Waals surface area contributed by atoms with E-state index in [2.05, 4.69) is 33.0 Å². The van der Waals surface area contributed by atoms with Crippen LogP contribution in [0.3, 0.4) is 0 Å². The van der Waals surface area contributed by atoms with E-state index in [0.717, 1.165) is 22.6 Å². The van der Waals surface area contributed by atoms with Gasteiger partial charge < -0.3 is 4.90 Å². The minimum Gasteiger partial charge on any atom is -0.370 e. The van der Waals surface area contributed by atoms with Crippen molar-refractivity contribution in [1.82, 2.24) is 0 Å². The molecule has 1 heterocycles.